The van der Waals surface area contributed by atoms with Gasteiger partial charge in [-0.15, -0.1) is 0 Å². The molecular formula is C24H32Cl2NO4P. The summed E-state index contributed by atoms with van der Waals surface area (Å²) < 4.78 is 18.9. The van der Waals surface area contributed by atoms with Gasteiger partial charge in [-0.05, 0) is 55.9 Å². The largest absolute Gasteiger partial charge is 0.329 e. The first kappa shape index (κ1) is 26.9. The number of hydroxylamine groups is 2. The number of benzene rings is 2. The van der Waals surface area contributed by atoms with Gasteiger partial charge in [0.15, 0.2) is 0 Å². The first-order chi connectivity index (χ1) is 15.2. The highest BCUT2D eigenvalue weighted by atomic mass is 35.5. The minimum Gasteiger partial charge on any atom is -0.329 e. The molecule has 0 aliphatic carbocycles. The van der Waals surface area contributed by atoms with E-state index in [0.29, 0.717) is 36.2 Å². The second-order valence-electron chi connectivity index (χ2n) is 7.70. The topological polar surface area (TPSA) is 55.8 Å². The van der Waals surface area contributed by atoms with E-state index in [1.165, 1.54) is 17.6 Å². The van der Waals surface area contributed by atoms with Crippen LogP contribution in [-0.2, 0) is 25.1 Å². The molecule has 2 aromatic rings. The van der Waals surface area contributed by atoms with Crippen molar-refractivity contribution in [1.82, 2.24) is 5.06 Å². The summed E-state index contributed by atoms with van der Waals surface area (Å²) in [5, 5.41) is 2.17. The lowest BCUT2D eigenvalue weighted by Gasteiger charge is -2.28. The van der Waals surface area contributed by atoms with Crippen molar-refractivity contribution in [2.75, 3.05) is 26.4 Å². The Bertz CT molecular complexity index is 910. The Kier molecular flexibility index (Phi) is 11.2. The summed E-state index contributed by atoms with van der Waals surface area (Å²) in [5.74, 6) is -0.191. The number of aryl methyl sites for hydroxylation is 1. The van der Waals surface area contributed by atoms with Crippen LogP contribution in [0.1, 0.15) is 49.9 Å². The molecule has 0 aromatic heterocycles. The number of nitrogens with zero attached hydrogens (tertiary/aromatic N) is 1. The van der Waals surface area contributed by atoms with E-state index >= 15 is 0 Å². The Hall–Kier alpha value is -1.36. The van der Waals surface area contributed by atoms with Crippen molar-refractivity contribution < 1.29 is 18.7 Å². The van der Waals surface area contributed by atoms with Gasteiger partial charge in [0.1, 0.15) is 0 Å². The fraction of sp³-hybridized carbons (Fsp3) is 0.458. The van der Waals surface area contributed by atoms with Crippen LogP contribution in [0.2, 0.25) is 10.0 Å². The smallest absolute Gasteiger partial charge is 0.242 e. The Morgan fingerprint density at radius 3 is 2.44 bits per heavy atom. The van der Waals surface area contributed by atoms with Gasteiger partial charge in [-0.1, -0.05) is 59.6 Å². The maximum atomic E-state index is 13.3. The lowest BCUT2D eigenvalue weighted by Crippen LogP contribution is -2.31. The number of halogens is 2. The maximum absolute atomic E-state index is 13.3. The van der Waals surface area contributed by atoms with Gasteiger partial charge in [0.05, 0.1) is 28.9 Å². The molecule has 0 saturated heterocycles. The molecule has 0 N–H and O–H groups in total. The van der Waals surface area contributed by atoms with Crippen LogP contribution >= 0.6 is 30.6 Å². The monoisotopic (exact) mass is 499 g/mol. The van der Waals surface area contributed by atoms with Gasteiger partial charge in [-0.2, -0.15) is 0 Å². The van der Waals surface area contributed by atoms with Gasteiger partial charge < -0.3 is 4.52 Å². The predicted octanol–water partition coefficient (Wildman–Crippen LogP) is 7.17. The number of carbonyl (C=O) groups excluding carboxylic acids is 1. The highest BCUT2D eigenvalue weighted by Crippen LogP contribution is 2.59. The predicted molar refractivity (Wildman–Crippen MR) is 132 cm³/mol. The normalized spacial score (nSPS) is 14.0. The average Bonchev–Trinajstić information content (AvgIpc) is 2.75. The van der Waals surface area contributed by atoms with Crippen molar-refractivity contribution in [1.29, 1.82) is 0 Å². The lowest BCUT2D eigenvalue weighted by atomic mass is 10.1. The fourth-order valence-corrected chi connectivity index (χ4v) is 5.83. The first-order valence-corrected chi connectivity index (χ1v) is 13.8. The molecule has 2 aromatic carbocycles. The molecule has 0 fully saturated rings. The second-order valence-corrected chi connectivity index (χ2v) is 11.2. The molecule has 2 unspecified atom stereocenters. The number of carbonyl (C=O) groups is 1. The molecule has 176 valence electrons. The van der Waals surface area contributed by atoms with Gasteiger partial charge >= 0.3 is 0 Å². The summed E-state index contributed by atoms with van der Waals surface area (Å²) in [6.45, 7) is 5.96. The molecule has 8 heteroatoms. The summed E-state index contributed by atoms with van der Waals surface area (Å²) in [5.41, 5.74) is 1.63. The third-order valence-corrected chi connectivity index (χ3v) is 8.39. The Morgan fingerprint density at radius 1 is 1.09 bits per heavy atom. The van der Waals surface area contributed by atoms with Crippen molar-refractivity contribution >= 4 is 36.5 Å². The highest BCUT2D eigenvalue weighted by Gasteiger charge is 2.31. The van der Waals surface area contributed by atoms with Crippen LogP contribution in [-0.4, -0.2) is 37.4 Å². The summed E-state index contributed by atoms with van der Waals surface area (Å²) in [7, 11) is -3.01. The number of hydrogen-bond acceptors (Lipinski definition) is 4. The van der Waals surface area contributed by atoms with E-state index in [1.807, 2.05) is 25.1 Å². The van der Waals surface area contributed by atoms with Crippen LogP contribution in [0.15, 0.2) is 48.5 Å². The van der Waals surface area contributed by atoms with Crippen molar-refractivity contribution in [3.05, 3.63) is 69.7 Å². The molecular weight excluding hydrogens is 468 g/mol. The molecule has 0 aliphatic heterocycles. The van der Waals surface area contributed by atoms with E-state index in [0.717, 1.165) is 24.8 Å². The van der Waals surface area contributed by atoms with Gasteiger partial charge in [-0.25, -0.2) is 5.06 Å². The van der Waals surface area contributed by atoms with E-state index in [4.69, 9.17) is 32.6 Å². The molecule has 0 aliphatic rings. The average molecular weight is 500 g/mol. The third-order valence-electron chi connectivity index (χ3n) is 5.19. The Balaban J connectivity index is 1.96. The number of unbranched alkanes of at least 4 members (excludes halogenated alkanes) is 1. The van der Waals surface area contributed by atoms with E-state index in [1.54, 1.807) is 24.9 Å². The number of rotatable bonds is 13. The zero-order chi connectivity index (χ0) is 23.6. The molecule has 2 rings (SSSR count). The third kappa shape index (κ3) is 8.53. The standard InChI is InChI=1S/C24H32Cl2NO4P/c1-4-31-32(3,29)24(21-13-14-22(25)23(26)18-21)15-16-27(19(2)28)30-17-9-8-12-20-10-6-5-7-11-20/h5-7,10-11,13-14,18,24H,4,8-9,12,15-17H2,1-3H3. The van der Waals surface area contributed by atoms with Gasteiger partial charge in [0.25, 0.3) is 0 Å². The highest BCUT2D eigenvalue weighted by molar-refractivity contribution is 7.58. The minimum absolute atomic E-state index is 0.191. The zero-order valence-corrected chi connectivity index (χ0v) is 21.3. The second kappa shape index (κ2) is 13.4. The quantitative estimate of drug-likeness (QED) is 0.166. The Labute approximate surface area is 201 Å². The zero-order valence-electron chi connectivity index (χ0n) is 18.9. The van der Waals surface area contributed by atoms with E-state index in [2.05, 4.69) is 12.1 Å². The van der Waals surface area contributed by atoms with Crippen LogP contribution in [0.4, 0.5) is 0 Å². The molecule has 0 spiro atoms. The van der Waals surface area contributed by atoms with Crippen LogP contribution in [0.5, 0.6) is 0 Å². The molecule has 32 heavy (non-hydrogen) atoms. The van der Waals surface area contributed by atoms with Crippen LogP contribution in [0, 0.1) is 0 Å². The van der Waals surface area contributed by atoms with E-state index in [-0.39, 0.29) is 5.91 Å². The SMILES string of the molecule is CCOP(C)(=O)C(CCN(OCCCCc1ccccc1)C(C)=O)c1ccc(Cl)c(Cl)c1. The fourth-order valence-electron chi connectivity index (χ4n) is 3.54. The molecule has 5 nitrogen and oxygen atoms in total. The molecule has 1 amide bonds. The van der Waals surface area contributed by atoms with Crippen LogP contribution in [0.3, 0.4) is 0 Å². The van der Waals surface area contributed by atoms with Crippen molar-refractivity contribution in [3.8, 4) is 0 Å². The van der Waals surface area contributed by atoms with Crippen molar-refractivity contribution in [2.24, 2.45) is 0 Å². The van der Waals surface area contributed by atoms with E-state index in [9.17, 15) is 9.36 Å². The van der Waals surface area contributed by atoms with E-state index < -0.39 is 13.0 Å². The minimum atomic E-state index is -3.01. The van der Waals surface area contributed by atoms with Gasteiger partial charge in [-0.3, -0.25) is 14.2 Å². The van der Waals surface area contributed by atoms with Crippen molar-refractivity contribution in [2.45, 2.75) is 45.2 Å². The molecule has 0 radical (unpaired) electrons. The van der Waals surface area contributed by atoms with Crippen LogP contribution in [0.25, 0.3) is 0 Å². The van der Waals surface area contributed by atoms with Gasteiger partial charge in [0.2, 0.25) is 13.3 Å². The lowest BCUT2D eigenvalue weighted by molar-refractivity contribution is -0.185. The maximum Gasteiger partial charge on any atom is 0.242 e. The number of hydrogen-bond donors (Lipinski definition) is 0. The summed E-state index contributed by atoms with van der Waals surface area (Å²) >= 11 is 12.2. The molecule has 0 bridgehead atoms. The molecule has 0 saturated carbocycles. The number of amides is 1. The van der Waals surface area contributed by atoms with Crippen LogP contribution < -0.4 is 0 Å². The van der Waals surface area contributed by atoms with Crippen molar-refractivity contribution in [3.63, 3.8) is 0 Å². The summed E-state index contributed by atoms with van der Waals surface area (Å²) in [6.07, 6.45) is 3.18. The Morgan fingerprint density at radius 2 is 1.81 bits per heavy atom. The first-order valence-electron chi connectivity index (χ1n) is 10.9. The summed E-state index contributed by atoms with van der Waals surface area (Å²) in [6, 6.07) is 15.5. The molecule has 2 atom stereocenters. The molecule has 0 heterocycles. The summed E-state index contributed by atoms with van der Waals surface area (Å²) in [4.78, 5) is 17.9. The van der Waals surface area contributed by atoms with Gasteiger partial charge in [0, 0.05) is 20.1 Å².